The lowest BCUT2D eigenvalue weighted by Gasteiger charge is -2.14. The zero-order valence-corrected chi connectivity index (χ0v) is 12.6. The summed E-state index contributed by atoms with van der Waals surface area (Å²) in [6.45, 7) is 5.89. The molecule has 21 heavy (non-hydrogen) atoms. The molecule has 110 valence electrons. The van der Waals surface area contributed by atoms with Gasteiger partial charge >= 0.3 is 0 Å². The third-order valence-electron chi connectivity index (χ3n) is 3.62. The molecule has 0 radical (unpaired) electrons. The Kier molecular flexibility index (Phi) is 3.70. The lowest BCUT2D eigenvalue weighted by Crippen LogP contribution is -2.29. The normalized spacial score (nSPS) is 12.9. The van der Waals surface area contributed by atoms with Crippen LogP contribution >= 0.6 is 0 Å². The summed E-state index contributed by atoms with van der Waals surface area (Å²) in [5.74, 6) is 0. The summed E-state index contributed by atoms with van der Waals surface area (Å²) in [5, 5.41) is 9.04. The third kappa shape index (κ3) is 2.95. The number of imidazole rings is 1. The molecule has 0 bridgehead atoms. The molecule has 0 aliphatic rings. The molecular formula is C15H20N6. The van der Waals surface area contributed by atoms with Crippen LogP contribution < -0.4 is 5.32 Å². The van der Waals surface area contributed by atoms with E-state index in [2.05, 4.69) is 37.9 Å². The van der Waals surface area contributed by atoms with E-state index in [0.29, 0.717) is 6.04 Å². The average molecular weight is 284 g/mol. The molecular weight excluding hydrogens is 264 g/mol. The van der Waals surface area contributed by atoms with E-state index in [0.717, 1.165) is 29.8 Å². The number of pyridine rings is 1. The van der Waals surface area contributed by atoms with Crippen molar-refractivity contribution in [1.82, 2.24) is 29.6 Å². The van der Waals surface area contributed by atoms with E-state index in [1.54, 1.807) is 6.20 Å². The van der Waals surface area contributed by atoms with Gasteiger partial charge in [0.25, 0.3) is 0 Å². The van der Waals surface area contributed by atoms with Gasteiger partial charge in [-0.15, -0.1) is 0 Å². The Hall–Kier alpha value is -2.21. The molecule has 0 fully saturated rings. The van der Waals surface area contributed by atoms with Crippen LogP contribution in [0.15, 0.2) is 31.0 Å². The molecule has 3 aromatic heterocycles. The van der Waals surface area contributed by atoms with Gasteiger partial charge in [0.1, 0.15) is 0 Å². The molecule has 3 aromatic rings. The molecule has 1 N–H and O–H groups in total. The molecule has 1 unspecified atom stereocenters. The summed E-state index contributed by atoms with van der Waals surface area (Å²) >= 11 is 0. The standard InChI is InChI=1S/C15H20N6/c1-11(9-21-5-4-16-10-21)17-7-13-6-14-12(2)19-20(3)15(14)18-8-13/h4-6,8,10-11,17H,7,9H2,1-3H3. The Morgan fingerprint density at radius 2 is 2.24 bits per heavy atom. The third-order valence-corrected chi connectivity index (χ3v) is 3.62. The van der Waals surface area contributed by atoms with Crippen molar-refractivity contribution in [3.63, 3.8) is 0 Å². The molecule has 3 rings (SSSR count). The SMILES string of the molecule is Cc1nn(C)c2ncc(CNC(C)Cn3ccnc3)cc12. The Morgan fingerprint density at radius 3 is 3.00 bits per heavy atom. The largest absolute Gasteiger partial charge is 0.336 e. The van der Waals surface area contributed by atoms with Crippen LogP contribution in [0.3, 0.4) is 0 Å². The summed E-state index contributed by atoms with van der Waals surface area (Å²) in [5.41, 5.74) is 3.13. The maximum atomic E-state index is 4.50. The number of aryl methyl sites for hydroxylation is 2. The second-order valence-corrected chi connectivity index (χ2v) is 5.47. The van der Waals surface area contributed by atoms with Gasteiger partial charge in [-0.2, -0.15) is 5.10 Å². The first kappa shape index (κ1) is 13.8. The summed E-state index contributed by atoms with van der Waals surface area (Å²) in [6.07, 6.45) is 7.53. The minimum atomic E-state index is 0.366. The zero-order valence-electron chi connectivity index (χ0n) is 12.6. The summed E-state index contributed by atoms with van der Waals surface area (Å²) < 4.78 is 3.90. The molecule has 0 aromatic carbocycles. The Bertz CT molecular complexity index is 728. The van der Waals surface area contributed by atoms with Gasteiger partial charge < -0.3 is 9.88 Å². The van der Waals surface area contributed by atoms with Crippen LogP contribution in [0.25, 0.3) is 11.0 Å². The second-order valence-electron chi connectivity index (χ2n) is 5.47. The number of nitrogens with one attached hydrogen (secondary N) is 1. The van der Waals surface area contributed by atoms with Gasteiger partial charge in [0.15, 0.2) is 5.65 Å². The fourth-order valence-electron chi connectivity index (χ4n) is 2.52. The summed E-state index contributed by atoms with van der Waals surface area (Å²) in [4.78, 5) is 8.56. The van der Waals surface area contributed by atoms with E-state index in [-0.39, 0.29) is 0 Å². The fourth-order valence-corrected chi connectivity index (χ4v) is 2.52. The highest BCUT2D eigenvalue weighted by molar-refractivity contribution is 5.78. The number of rotatable bonds is 5. The number of hydrogen-bond donors (Lipinski definition) is 1. The van der Waals surface area contributed by atoms with E-state index >= 15 is 0 Å². The zero-order chi connectivity index (χ0) is 14.8. The molecule has 0 aliphatic carbocycles. The van der Waals surface area contributed by atoms with Crippen molar-refractivity contribution in [2.24, 2.45) is 7.05 Å². The molecule has 6 heteroatoms. The van der Waals surface area contributed by atoms with E-state index in [1.165, 1.54) is 5.56 Å². The summed E-state index contributed by atoms with van der Waals surface area (Å²) in [6, 6.07) is 2.53. The number of fused-ring (bicyclic) bond motifs is 1. The van der Waals surface area contributed by atoms with Gasteiger partial charge in [0, 0.05) is 50.2 Å². The molecule has 3 heterocycles. The van der Waals surface area contributed by atoms with Crippen molar-refractivity contribution in [1.29, 1.82) is 0 Å². The van der Waals surface area contributed by atoms with Gasteiger partial charge in [-0.25, -0.2) is 9.97 Å². The Morgan fingerprint density at radius 1 is 1.38 bits per heavy atom. The van der Waals surface area contributed by atoms with Gasteiger partial charge in [-0.1, -0.05) is 0 Å². The first-order chi connectivity index (χ1) is 10.1. The fraction of sp³-hybridized carbons (Fsp3) is 0.400. The van der Waals surface area contributed by atoms with Crippen LogP contribution in [0.1, 0.15) is 18.2 Å². The van der Waals surface area contributed by atoms with Crippen LogP contribution in [0.2, 0.25) is 0 Å². The molecule has 6 nitrogen and oxygen atoms in total. The minimum absolute atomic E-state index is 0.366. The maximum absolute atomic E-state index is 4.50. The molecule has 1 atom stereocenters. The Balaban J connectivity index is 1.66. The van der Waals surface area contributed by atoms with Gasteiger partial charge in [0.05, 0.1) is 12.0 Å². The van der Waals surface area contributed by atoms with Crippen LogP contribution in [0.4, 0.5) is 0 Å². The molecule has 0 saturated heterocycles. The summed E-state index contributed by atoms with van der Waals surface area (Å²) in [7, 11) is 1.92. The van der Waals surface area contributed by atoms with E-state index in [9.17, 15) is 0 Å². The number of aromatic nitrogens is 5. The van der Waals surface area contributed by atoms with Crippen molar-refractivity contribution in [2.75, 3.05) is 0 Å². The molecule has 0 aliphatic heterocycles. The quantitative estimate of drug-likeness (QED) is 0.774. The van der Waals surface area contributed by atoms with Crippen molar-refractivity contribution in [3.05, 3.63) is 42.2 Å². The second kappa shape index (κ2) is 5.65. The van der Waals surface area contributed by atoms with Crippen molar-refractivity contribution in [2.45, 2.75) is 33.0 Å². The first-order valence-electron chi connectivity index (χ1n) is 7.11. The Labute approximate surface area is 123 Å². The first-order valence-corrected chi connectivity index (χ1v) is 7.11. The van der Waals surface area contributed by atoms with Gasteiger partial charge in [-0.05, 0) is 25.5 Å². The predicted octanol–water partition coefficient (Wildman–Crippen LogP) is 1.65. The average Bonchev–Trinajstić information content (AvgIpc) is 3.06. The van der Waals surface area contributed by atoms with E-state index in [4.69, 9.17) is 0 Å². The lowest BCUT2D eigenvalue weighted by molar-refractivity contribution is 0.476. The molecule has 0 amide bonds. The monoisotopic (exact) mass is 284 g/mol. The number of nitrogens with zero attached hydrogens (tertiary/aromatic N) is 5. The van der Waals surface area contributed by atoms with Crippen molar-refractivity contribution >= 4 is 11.0 Å². The molecule has 0 spiro atoms. The van der Waals surface area contributed by atoms with Gasteiger partial charge in [-0.3, -0.25) is 4.68 Å². The minimum Gasteiger partial charge on any atom is -0.336 e. The molecule has 0 saturated carbocycles. The lowest BCUT2D eigenvalue weighted by atomic mass is 10.2. The van der Waals surface area contributed by atoms with Gasteiger partial charge in [0.2, 0.25) is 0 Å². The topological polar surface area (TPSA) is 60.6 Å². The van der Waals surface area contributed by atoms with Crippen LogP contribution in [-0.2, 0) is 20.1 Å². The highest BCUT2D eigenvalue weighted by atomic mass is 15.3. The van der Waals surface area contributed by atoms with Crippen LogP contribution in [0.5, 0.6) is 0 Å². The highest BCUT2D eigenvalue weighted by Gasteiger charge is 2.08. The smallest absolute Gasteiger partial charge is 0.157 e. The highest BCUT2D eigenvalue weighted by Crippen LogP contribution is 2.16. The predicted molar refractivity (Wildman–Crippen MR) is 81.8 cm³/mol. The van der Waals surface area contributed by atoms with Crippen molar-refractivity contribution < 1.29 is 0 Å². The van der Waals surface area contributed by atoms with E-state index in [1.807, 2.05) is 37.4 Å². The van der Waals surface area contributed by atoms with Crippen LogP contribution in [0, 0.1) is 6.92 Å². The van der Waals surface area contributed by atoms with E-state index < -0.39 is 0 Å². The van der Waals surface area contributed by atoms with Crippen LogP contribution in [-0.4, -0.2) is 30.4 Å². The maximum Gasteiger partial charge on any atom is 0.157 e. The number of hydrogen-bond acceptors (Lipinski definition) is 4. The van der Waals surface area contributed by atoms with Crippen molar-refractivity contribution in [3.8, 4) is 0 Å².